The number of anilines is 1. The van der Waals surface area contributed by atoms with Crippen LogP contribution in [0.15, 0.2) is 48.5 Å². The molecule has 0 spiro atoms. The fourth-order valence-corrected chi connectivity index (χ4v) is 1.93. The molecule has 7 nitrogen and oxygen atoms in total. The van der Waals surface area contributed by atoms with Crippen molar-refractivity contribution in [2.45, 2.75) is 0 Å². The molecule has 0 aliphatic heterocycles. The summed E-state index contributed by atoms with van der Waals surface area (Å²) in [6, 6.07) is 12.8. The third kappa shape index (κ3) is 4.30. The molecule has 24 heavy (non-hydrogen) atoms. The second-order valence-electron chi connectivity index (χ2n) is 4.43. The van der Waals surface area contributed by atoms with Crippen molar-refractivity contribution in [3.8, 4) is 11.5 Å². The van der Waals surface area contributed by atoms with Gasteiger partial charge in [0.15, 0.2) is 0 Å². The Labute approximate surface area is 143 Å². The lowest BCUT2D eigenvalue weighted by Gasteiger charge is -2.23. The quantitative estimate of drug-likeness (QED) is 0.855. The summed E-state index contributed by atoms with van der Waals surface area (Å²) in [7, 11) is 2.62. The number of ether oxygens (including phenoxy) is 3. The smallest absolute Gasteiger partial charge is 0.439 e. The predicted molar refractivity (Wildman–Crippen MR) is 88.5 cm³/mol. The van der Waals surface area contributed by atoms with Crippen LogP contribution in [-0.4, -0.2) is 26.4 Å². The van der Waals surface area contributed by atoms with Gasteiger partial charge in [-0.15, -0.1) is 0 Å². The van der Waals surface area contributed by atoms with Crippen LogP contribution in [0.1, 0.15) is 0 Å². The first-order valence-electron chi connectivity index (χ1n) is 6.80. The third-order valence-corrected chi connectivity index (χ3v) is 3.17. The zero-order valence-corrected chi connectivity index (χ0v) is 13.7. The minimum Gasteiger partial charge on any atom is -0.494 e. The Kier molecular flexibility index (Phi) is 5.86. The van der Waals surface area contributed by atoms with Gasteiger partial charge in [0.05, 0.1) is 14.2 Å². The molecule has 0 aliphatic carbocycles. The highest BCUT2D eigenvalue weighted by Crippen LogP contribution is 2.27. The Morgan fingerprint density at radius 3 is 2.33 bits per heavy atom. The number of hydrogen-bond donors (Lipinski definition) is 1. The Bertz CT molecular complexity index is 721. The number of amides is 2. The number of nitrogens with zero attached hydrogens (tertiary/aromatic N) is 1. The number of halogens is 1. The van der Waals surface area contributed by atoms with Gasteiger partial charge in [-0.1, -0.05) is 23.7 Å². The summed E-state index contributed by atoms with van der Waals surface area (Å²) >= 11 is 5.79. The van der Waals surface area contributed by atoms with Crippen LogP contribution in [0.2, 0.25) is 5.02 Å². The number of carbonyl (C=O) groups is 2. The SMILES string of the molecule is COC(=O)NN(C(=O)Oc1ccc(Cl)cc1)c1ccccc1OC. The van der Waals surface area contributed by atoms with Crippen LogP contribution in [0.4, 0.5) is 15.3 Å². The second-order valence-corrected chi connectivity index (χ2v) is 4.87. The largest absolute Gasteiger partial charge is 0.494 e. The Morgan fingerprint density at radius 1 is 1.04 bits per heavy atom. The molecule has 2 aromatic rings. The number of hydrazine groups is 1. The van der Waals surface area contributed by atoms with Crippen molar-refractivity contribution < 1.29 is 23.8 Å². The van der Waals surface area contributed by atoms with Crippen molar-refractivity contribution in [1.29, 1.82) is 0 Å². The van der Waals surface area contributed by atoms with Crippen molar-refractivity contribution in [3.63, 3.8) is 0 Å². The minimum absolute atomic E-state index is 0.260. The van der Waals surface area contributed by atoms with Gasteiger partial charge < -0.3 is 14.2 Å². The van der Waals surface area contributed by atoms with Gasteiger partial charge in [-0.05, 0) is 36.4 Å². The molecule has 2 aromatic carbocycles. The molecule has 2 amide bonds. The minimum atomic E-state index is -0.854. The zero-order chi connectivity index (χ0) is 17.5. The van der Waals surface area contributed by atoms with E-state index in [4.69, 9.17) is 21.1 Å². The van der Waals surface area contributed by atoms with E-state index >= 15 is 0 Å². The average Bonchev–Trinajstić information content (AvgIpc) is 2.61. The van der Waals surface area contributed by atoms with Crippen LogP contribution in [0, 0.1) is 0 Å². The number of methoxy groups -OCH3 is 2. The molecule has 0 aromatic heterocycles. The van der Waals surface area contributed by atoms with E-state index in [1.54, 1.807) is 36.4 Å². The number of benzene rings is 2. The molecular formula is C16H15ClN2O5. The molecule has 0 heterocycles. The van der Waals surface area contributed by atoms with E-state index in [0.717, 1.165) is 5.01 Å². The fourth-order valence-electron chi connectivity index (χ4n) is 1.80. The molecular weight excluding hydrogens is 336 g/mol. The van der Waals surface area contributed by atoms with Gasteiger partial charge >= 0.3 is 12.2 Å². The van der Waals surface area contributed by atoms with Crippen molar-refractivity contribution in [2.24, 2.45) is 0 Å². The van der Waals surface area contributed by atoms with Crippen LogP contribution in [-0.2, 0) is 4.74 Å². The van der Waals surface area contributed by atoms with Crippen LogP contribution in [0.25, 0.3) is 0 Å². The molecule has 8 heteroatoms. The van der Waals surface area contributed by atoms with Crippen LogP contribution in [0.3, 0.4) is 0 Å². The highest BCUT2D eigenvalue weighted by atomic mass is 35.5. The summed E-state index contributed by atoms with van der Waals surface area (Å²) in [4.78, 5) is 24.0. The Hall–Kier alpha value is -2.93. The first kappa shape index (κ1) is 17.4. The molecule has 1 N–H and O–H groups in total. The van der Waals surface area contributed by atoms with E-state index in [-0.39, 0.29) is 11.4 Å². The van der Waals surface area contributed by atoms with Gasteiger partial charge in [0.1, 0.15) is 17.2 Å². The van der Waals surface area contributed by atoms with Crippen molar-refractivity contribution >= 4 is 29.5 Å². The maximum absolute atomic E-state index is 12.5. The molecule has 0 atom stereocenters. The van der Waals surface area contributed by atoms with Gasteiger partial charge in [0.25, 0.3) is 0 Å². The highest BCUT2D eigenvalue weighted by molar-refractivity contribution is 6.30. The molecule has 2 rings (SSSR count). The second kappa shape index (κ2) is 8.07. The number of hydrogen-bond acceptors (Lipinski definition) is 5. The maximum atomic E-state index is 12.5. The lowest BCUT2D eigenvalue weighted by Crippen LogP contribution is -2.48. The molecule has 0 saturated heterocycles. The molecule has 0 bridgehead atoms. The fraction of sp³-hybridized carbons (Fsp3) is 0.125. The van der Waals surface area contributed by atoms with Crippen LogP contribution in [0.5, 0.6) is 11.5 Å². The van der Waals surface area contributed by atoms with Crippen LogP contribution >= 0.6 is 11.6 Å². The van der Waals surface area contributed by atoms with Gasteiger partial charge in [-0.25, -0.2) is 15.0 Å². The maximum Gasteiger partial charge on any atom is 0.439 e. The highest BCUT2D eigenvalue weighted by Gasteiger charge is 2.24. The average molecular weight is 351 g/mol. The first-order valence-corrected chi connectivity index (χ1v) is 7.18. The van der Waals surface area contributed by atoms with E-state index in [9.17, 15) is 9.59 Å². The van der Waals surface area contributed by atoms with Gasteiger partial charge in [0, 0.05) is 5.02 Å². The first-order chi connectivity index (χ1) is 11.5. The van der Waals surface area contributed by atoms with E-state index in [0.29, 0.717) is 10.8 Å². The summed E-state index contributed by atoms with van der Waals surface area (Å²) in [6.45, 7) is 0. The normalized spacial score (nSPS) is 9.79. The number of para-hydroxylation sites is 2. The van der Waals surface area contributed by atoms with Crippen LogP contribution < -0.4 is 19.9 Å². The van der Waals surface area contributed by atoms with Gasteiger partial charge in [-0.3, -0.25) is 0 Å². The topological polar surface area (TPSA) is 77.1 Å². The lowest BCUT2D eigenvalue weighted by atomic mass is 10.3. The number of nitrogens with one attached hydrogen (secondary N) is 1. The summed E-state index contributed by atoms with van der Waals surface area (Å²) in [6.07, 6.45) is -1.69. The molecule has 0 fully saturated rings. The monoisotopic (exact) mass is 350 g/mol. The number of rotatable bonds is 3. The summed E-state index contributed by atoms with van der Waals surface area (Å²) in [5.41, 5.74) is 2.56. The summed E-state index contributed by atoms with van der Waals surface area (Å²) in [5, 5.41) is 1.39. The van der Waals surface area contributed by atoms with E-state index < -0.39 is 12.2 Å². The van der Waals surface area contributed by atoms with Crippen molar-refractivity contribution in [1.82, 2.24) is 5.43 Å². The van der Waals surface area contributed by atoms with Crippen molar-refractivity contribution in [3.05, 3.63) is 53.6 Å². The molecule has 0 radical (unpaired) electrons. The van der Waals surface area contributed by atoms with Gasteiger partial charge in [0.2, 0.25) is 0 Å². The van der Waals surface area contributed by atoms with E-state index in [2.05, 4.69) is 10.2 Å². The van der Waals surface area contributed by atoms with E-state index in [1.165, 1.54) is 26.4 Å². The summed E-state index contributed by atoms with van der Waals surface area (Å²) < 4.78 is 15.0. The Balaban J connectivity index is 2.29. The molecule has 0 aliphatic rings. The zero-order valence-electron chi connectivity index (χ0n) is 13.0. The third-order valence-electron chi connectivity index (χ3n) is 2.92. The number of carbonyl (C=O) groups excluding carboxylic acids is 2. The predicted octanol–water partition coefficient (Wildman–Crippen LogP) is 3.63. The lowest BCUT2D eigenvalue weighted by molar-refractivity contribution is 0.165. The molecule has 0 unspecified atom stereocenters. The Morgan fingerprint density at radius 2 is 1.71 bits per heavy atom. The molecule has 126 valence electrons. The van der Waals surface area contributed by atoms with Crippen molar-refractivity contribution in [2.75, 3.05) is 19.2 Å². The van der Waals surface area contributed by atoms with E-state index in [1.807, 2.05) is 0 Å². The standard InChI is InChI=1S/C16H15ClN2O5/c1-22-14-6-4-3-5-13(14)19(18-15(20)23-2)16(21)24-12-9-7-11(17)8-10-12/h3-10H,1-2H3,(H,18,20). The van der Waals surface area contributed by atoms with Gasteiger partial charge in [-0.2, -0.15) is 5.01 Å². The summed E-state index contributed by atoms with van der Waals surface area (Å²) in [5.74, 6) is 0.623. The molecule has 0 saturated carbocycles.